The van der Waals surface area contributed by atoms with E-state index in [9.17, 15) is 0 Å². The quantitative estimate of drug-likeness (QED) is 0.161. The summed E-state index contributed by atoms with van der Waals surface area (Å²) in [5.41, 5.74) is 21.4. The van der Waals surface area contributed by atoms with E-state index in [4.69, 9.17) is 4.42 Å². The largest absolute Gasteiger partial charge is 0.455 e. The topological polar surface area (TPSA) is 21.3 Å². The molecule has 3 aliphatic rings. The van der Waals surface area contributed by atoms with Crippen molar-refractivity contribution < 1.29 is 4.42 Å². The molecule has 14 rings (SSSR count). The van der Waals surface area contributed by atoms with Crippen molar-refractivity contribution in [2.45, 2.75) is 104 Å². The fourth-order valence-corrected chi connectivity index (χ4v) is 13.9. The maximum absolute atomic E-state index is 7.40. The highest BCUT2D eigenvalue weighted by Gasteiger charge is 2.47. The average Bonchev–Trinajstić information content (AvgIpc) is 4.00. The zero-order valence-corrected chi connectivity index (χ0v) is 42.3. The predicted octanol–water partition coefficient (Wildman–Crippen LogP) is 16.9. The lowest BCUT2D eigenvalue weighted by molar-refractivity contribution is 0.332. The van der Waals surface area contributed by atoms with Gasteiger partial charge in [0.15, 0.2) is 0 Å². The first-order chi connectivity index (χ1) is 33.0. The van der Waals surface area contributed by atoms with Crippen LogP contribution in [-0.2, 0) is 21.7 Å². The van der Waals surface area contributed by atoms with Crippen LogP contribution >= 0.6 is 11.3 Å². The Kier molecular flexibility index (Phi) is 8.17. The maximum Gasteiger partial charge on any atom is 0.333 e. The Labute approximate surface area is 409 Å². The molecular weight excluding hydrogens is 856 g/mol. The van der Waals surface area contributed by atoms with Crippen molar-refractivity contribution in [3.63, 3.8) is 0 Å². The summed E-state index contributed by atoms with van der Waals surface area (Å²) in [6.45, 7) is 23.7. The molecule has 0 atom stereocenters. The molecule has 2 aliphatic heterocycles. The van der Waals surface area contributed by atoms with Crippen LogP contribution in [0.1, 0.15) is 104 Å². The van der Waals surface area contributed by atoms with Gasteiger partial charge >= 0.3 is 6.85 Å². The maximum atomic E-state index is 7.40. The summed E-state index contributed by atoms with van der Waals surface area (Å²) < 4.78 is 12.7. The average molecular weight is 913 g/mol. The standard InChI is InChI=1S/C64H57BN2OS/c1-61(2,3)38-22-26-49-44(30-38)55-56-41-18-14-15-19-52(41)68-60(56)57-45-32-42-43-33-46-47(64(9,10)29-28-63(46,7)8)34-53(43)69-54(42)35-51(45)67(40-24-20-37(21-25-40)36-16-12-11-13-17-36)65-48-31-39(62(4,5)6)23-27-50(48)66(49)59(55)58(57)65/h11-27,30-35H,28-29H2,1-10H3. The summed E-state index contributed by atoms with van der Waals surface area (Å²) in [5.74, 6) is 0. The van der Waals surface area contributed by atoms with Crippen LogP contribution in [0.5, 0.6) is 0 Å². The lowest BCUT2D eigenvalue weighted by Crippen LogP contribution is -2.60. The first kappa shape index (κ1) is 41.4. The molecule has 0 bridgehead atoms. The van der Waals surface area contributed by atoms with E-state index >= 15 is 0 Å². The lowest BCUT2D eigenvalue weighted by atomic mass is 9.43. The highest BCUT2D eigenvalue weighted by atomic mass is 32.1. The van der Waals surface area contributed by atoms with Gasteiger partial charge in [-0.1, -0.05) is 148 Å². The molecule has 3 nitrogen and oxygen atoms in total. The Morgan fingerprint density at radius 1 is 0.565 bits per heavy atom. The van der Waals surface area contributed by atoms with E-state index in [2.05, 4.69) is 218 Å². The van der Waals surface area contributed by atoms with Gasteiger partial charge in [0.05, 0.1) is 11.0 Å². The Bertz CT molecular complexity index is 4040. The van der Waals surface area contributed by atoms with Crippen LogP contribution in [0.25, 0.3) is 91.9 Å². The molecule has 3 aromatic heterocycles. The van der Waals surface area contributed by atoms with Gasteiger partial charge in [-0.3, -0.25) is 0 Å². The van der Waals surface area contributed by atoms with E-state index in [1.165, 1.54) is 138 Å². The van der Waals surface area contributed by atoms with Crippen molar-refractivity contribution in [2.75, 3.05) is 4.81 Å². The van der Waals surface area contributed by atoms with Crippen molar-refractivity contribution in [1.82, 2.24) is 4.57 Å². The number of anilines is 2. The van der Waals surface area contributed by atoms with Crippen LogP contribution in [0.3, 0.4) is 0 Å². The molecule has 5 heteroatoms. The minimum Gasteiger partial charge on any atom is -0.455 e. The van der Waals surface area contributed by atoms with Crippen LogP contribution in [0, 0.1) is 0 Å². The molecule has 0 saturated heterocycles. The molecule has 0 unspecified atom stereocenters. The SMILES string of the molecule is CC(C)(C)c1ccc2c(c1)B1c3c(c4oc5ccccc5c4c4c5cc(C(C)(C)C)ccc5n-2c34)-c2cc3c(cc2N1c1ccc(-c2ccccc2)cc1)sc1cc2c(cc13)C(C)(C)CCC2(C)C. The molecule has 11 aromatic rings. The van der Waals surface area contributed by atoms with Crippen molar-refractivity contribution in [2.24, 2.45) is 0 Å². The lowest BCUT2D eigenvalue weighted by Gasteiger charge is -2.42. The summed E-state index contributed by atoms with van der Waals surface area (Å²) in [4.78, 5) is 2.70. The first-order valence-corrected chi connectivity index (χ1v) is 25.9. The smallest absolute Gasteiger partial charge is 0.333 e. The minimum atomic E-state index is -0.146. The van der Waals surface area contributed by atoms with E-state index < -0.39 is 0 Å². The van der Waals surface area contributed by atoms with E-state index in [-0.39, 0.29) is 28.5 Å². The third-order valence-corrected chi connectivity index (χ3v) is 17.8. The molecule has 5 heterocycles. The molecule has 1 aliphatic carbocycles. The number of hydrogen-bond acceptors (Lipinski definition) is 3. The molecule has 0 saturated carbocycles. The van der Waals surface area contributed by atoms with Gasteiger partial charge in [0.2, 0.25) is 0 Å². The van der Waals surface area contributed by atoms with E-state index in [1.807, 2.05) is 11.3 Å². The second-order valence-electron chi connectivity index (χ2n) is 24.0. The number of rotatable bonds is 2. The fourth-order valence-electron chi connectivity index (χ4n) is 12.8. The molecule has 0 radical (unpaired) electrons. The second-order valence-corrected chi connectivity index (χ2v) is 25.1. The highest BCUT2D eigenvalue weighted by molar-refractivity contribution is 7.26. The van der Waals surface area contributed by atoms with Crippen molar-refractivity contribution in [3.8, 4) is 27.9 Å². The number of benzene rings is 8. The van der Waals surface area contributed by atoms with Gasteiger partial charge in [-0.25, -0.2) is 0 Å². The Morgan fingerprint density at radius 2 is 1.20 bits per heavy atom. The van der Waals surface area contributed by atoms with Gasteiger partial charge in [0.25, 0.3) is 0 Å². The highest BCUT2D eigenvalue weighted by Crippen LogP contribution is 2.55. The van der Waals surface area contributed by atoms with Gasteiger partial charge in [-0.05, 0) is 139 Å². The summed E-state index contributed by atoms with van der Waals surface area (Å²) >= 11 is 1.96. The monoisotopic (exact) mass is 912 g/mol. The van der Waals surface area contributed by atoms with Crippen LogP contribution < -0.4 is 15.7 Å². The van der Waals surface area contributed by atoms with Crippen LogP contribution in [0.2, 0.25) is 0 Å². The van der Waals surface area contributed by atoms with Crippen LogP contribution in [-0.4, -0.2) is 11.4 Å². The molecular formula is C64H57BN2OS. The first-order valence-electron chi connectivity index (χ1n) is 25.1. The molecule has 0 spiro atoms. The van der Waals surface area contributed by atoms with Crippen LogP contribution in [0.4, 0.5) is 11.4 Å². The molecule has 0 fully saturated rings. The predicted molar refractivity (Wildman–Crippen MR) is 298 cm³/mol. The van der Waals surface area contributed by atoms with Crippen molar-refractivity contribution in [1.29, 1.82) is 0 Å². The van der Waals surface area contributed by atoms with Crippen molar-refractivity contribution >= 4 is 104 Å². The normalized spacial score (nSPS) is 16.0. The summed E-state index contributed by atoms with van der Waals surface area (Å²) in [5, 5.41) is 7.63. The van der Waals surface area contributed by atoms with E-state index in [0.717, 1.165) is 11.2 Å². The third-order valence-electron chi connectivity index (χ3n) is 16.7. The Balaban J connectivity index is 1.18. The van der Waals surface area contributed by atoms with Gasteiger partial charge in [-0.2, -0.15) is 0 Å². The summed E-state index contributed by atoms with van der Waals surface area (Å²) in [6.07, 6.45) is 2.38. The number of furan rings is 1. The van der Waals surface area contributed by atoms with Gasteiger partial charge in [-0.15, -0.1) is 11.3 Å². The molecule has 0 N–H and O–H groups in total. The molecule has 338 valence electrons. The van der Waals surface area contributed by atoms with Gasteiger partial charge < -0.3 is 13.8 Å². The number of aromatic nitrogens is 1. The summed E-state index contributed by atoms with van der Waals surface area (Å²) in [7, 11) is 0. The van der Waals surface area contributed by atoms with Crippen molar-refractivity contribution in [3.05, 3.63) is 162 Å². The number of para-hydroxylation sites is 1. The van der Waals surface area contributed by atoms with Crippen LogP contribution in [0.15, 0.2) is 144 Å². The zero-order chi connectivity index (χ0) is 47.3. The number of hydrogen-bond donors (Lipinski definition) is 0. The fraction of sp³-hybridized carbons (Fsp3) is 0.250. The molecule has 8 aromatic carbocycles. The Morgan fingerprint density at radius 3 is 1.94 bits per heavy atom. The van der Waals surface area contributed by atoms with Gasteiger partial charge in [0.1, 0.15) is 11.2 Å². The minimum absolute atomic E-state index is 0.0306. The summed E-state index contributed by atoms with van der Waals surface area (Å²) in [6, 6.07) is 53.8. The molecule has 69 heavy (non-hydrogen) atoms. The van der Waals surface area contributed by atoms with E-state index in [0.29, 0.717) is 0 Å². The number of nitrogens with zero attached hydrogens (tertiary/aromatic N) is 2. The van der Waals surface area contributed by atoms with E-state index in [1.54, 1.807) is 0 Å². The number of thiophene rings is 1. The molecule has 0 amide bonds. The third kappa shape index (κ3) is 5.68. The van der Waals surface area contributed by atoms with Gasteiger partial charge in [0, 0.05) is 69.9 Å². The number of fused-ring (bicyclic) bond motifs is 17. The second kappa shape index (κ2) is 13.6. The Hall–Kier alpha value is -6.56. The zero-order valence-electron chi connectivity index (χ0n) is 41.5.